The van der Waals surface area contributed by atoms with Crippen LogP contribution in [0.4, 0.5) is 4.79 Å². The van der Waals surface area contributed by atoms with Gasteiger partial charge in [0.25, 0.3) is 0 Å². The van der Waals surface area contributed by atoms with Crippen molar-refractivity contribution in [3.05, 3.63) is 162 Å². The summed E-state index contributed by atoms with van der Waals surface area (Å²) in [6.45, 7) is 0.496. The van der Waals surface area contributed by atoms with E-state index in [1.54, 1.807) is 6.20 Å². The van der Waals surface area contributed by atoms with Crippen LogP contribution in [0.5, 0.6) is 0 Å². The smallest absolute Gasteiger partial charge is 0.320 e. The number of H-pyrrole nitrogens is 1. The van der Waals surface area contributed by atoms with Crippen molar-refractivity contribution in [3.63, 3.8) is 0 Å². The molecule has 1 aromatic heterocycles. The third-order valence-corrected chi connectivity index (χ3v) is 6.79. The zero-order valence-corrected chi connectivity index (χ0v) is 23.7. The molecule has 0 fully saturated rings. The number of amides is 2. The van der Waals surface area contributed by atoms with Gasteiger partial charge in [0.1, 0.15) is 10.9 Å². The Balaban J connectivity index is 0.000000188. The number of alkyl halides is 1. The molecule has 42 heavy (non-hydrogen) atoms. The summed E-state index contributed by atoms with van der Waals surface area (Å²) in [5.41, 5.74) is 15.2. The molecule has 0 spiro atoms. The molecule has 0 bridgehead atoms. The Morgan fingerprint density at radius 2 is 1.24 bits per heavy atom. The monoisotopic (exact) mass is 583 g/mol. The minimum Gasteiger partial charge on any atom is -0.480 e. The predicted octanol–water partition coefficient (Wildman–Crippen LogP) is 5.44. The highest BCUT2D eigenvalue weighted by Gasteiger charge is 2.33. The van der Waals surface area contributed by atoms with Crippen LogP contribution in [0.25, 0.3) is 0 Å². The van der Waals surface area contributed by atoms with Crippen LogP contribution in [-0.2, 0) is 22.6 Å². The lowest BCUT2D eigenvalue weighted by molar-refractivity contribution is -0.138. The third kappa shape index (κ3) is 9.62. The average molecular weight is 584 g/mol. The van der Waals surface area contributed by atoms with Crippen molar-refractivity contribution in [2.45, 2.75) is 23.9 Å². The number of aliphatic carboxylic acids is 1. The number of hydrogen-bond donors (Lipinski definition) is 5. The number of carboxylic acids is 1. The summed E-state index contributed by atoms with van der Waals surface area (Å²) in [6.07, 6.45) is 3.34. The van der Waals surface area contributed by atoms with Gasteiger partial charge in [0.05, 0.1) is 6.33 Å². The van der Waals surface area contributed by atoms with Gasteiger partial charge in [-0.1, -0.05) is 121 Å². The quantitative estimate of drug-likeness (QED) is 0.122. The molecule has 4 aromatic carbocycles. The second kappa shape index (κ2) is 16.4. The van der Waals surface area contributed by atoms with E-state index in [0.717, 1.165) is 27.9 Å². The highest BCUT2D eigenvalue weighted by Crippen LogP contribution is 2.42. The van der Waals surface area contributed by atoms with E-state index in [0.29, 0.717) is 6.54 Å². The van der Waals surface area contributed by atoms with Crippen molar-refractivity contribution in [1.29, 1.82) is 0 Å². The standard InChI is InChI=1S/C19H15Cl.C8H10N2O.C6H9N3O2/c20-19(16-10-4-1-5-11-16,17-12-6-2-7-13-17)18-14-8-3-9-15-18;9-8(11)10-6-7-4-2-1-3-5-7;7-5(6(10)11)1-4-2-8-3-9-4/h1-15H;1-5H,6H2,(H3,9,10,11);2-3,5H,1,7H2,(H,8,9)(H,10,11)/t;;5-/m..0/s1. The number of halogens is 1. The predicted molar refractivity (Wildman–Crippen MR) is 166 cm³/mol. The number of carbonyl (C=O) groups excluding carboxylic acids is 1. The summed E-state index contributed by atoms with van der Waals surface area (Å²) in [7, 11) is 0. The summed E-state index contributed by atoms with van der Waals surface area (Å²) in [4.78, 5) is 26.4. The minimum absolute atomic E-state index is 0.287. The first-order chi connectivity index (χ1) is 20.3. The van der Waals surface area contributed by atoms with E-state index in [1.807, 2.05) is 84.9 Å². The van der Waals surface area contributed by atoms with E-state index in [1.165, 1.54) is 6.33 Å². The first-order valence-electron chi connectivity index (χ1n) is 13.2. The van der Waals surface area contributed by atoms with Crippen LogP contribution in [0, 0.1) is 0 Å². The Morgan fingerprint density at radius 1 is 0.810 bits per heavy atom. The number of nitrogens with zero attached hydrogens (tertiary/aromatic N) is 1. The van der Waals surface area contributed by atoms with Gasteiger partial charge in [0.2, 0.25) is 0 Å². The van der Waals surface area contributed by atoms with Crippen molar-refractivity contribution >= 4 is 23.6 Å². The van der Waals surface area contributed by atoms with Crippen LogP contribution in [-0.4, -0.2) is 33.1 Å². The Hall–Kier alpha value is -4.92. The molecule has 0 aliphatic rings. The highest BCUT2D eigenvalue weighted by molar-refractivity contribution is 6.28. The summed E-state index contributed by atoms with van der Waals surface area (Å²) >= 11 is 7.12. The normalized spacial score (nSPS) is 11.1. The molecular weight excluding hydrogens is 550 g/mol. The maximum absolute atomic E-state index is 10.3. The SMILES string of the molecule is ClC(c1ccccc1)(c1ccccc1)c1ccccc1.NC(=O)NCc1ccccc1.N[C@@H](Cc1cnc[nH]1)C(=O)O. The van der Waals surface area contributed by atoms with Crippen LogP contribution < -0.4 is 16.8 Å². The molecule has 5 rings (SSSR count). The van der Waals surface area contributed by atoms with Gasteiger partial charge in [-0.05, 0) is 22.3 Å². The molecule has 0 aliphatic heterocycles. The van der Waals surface area contributed by atoms with Gasteiger partial charge in [0, 0.05) is 24.9 Å². The molecule has 1 atom stereocenters. The van der Waals surface area contributed by atoms with Gasteiger partial charge in [-0.2, -0.15) is 0 Å². The van der Waals surface area contributed by atoms with Crippen molar-refractivity contribution < 1.29 is 14.7 Å². The second-order valence-electron chi connectivity index (χ2n) is 9.19. The molecule has 7 N–H and O–H groups in total. The maximum Gasteiger partial charge on any atom is 0.320 e. The summed E-state index contributed by atoms with van der Waals surface area (Å²) in [5, 5.41) is 10.9. The summed E-state index contributed by atoms with van der Waals surface area (Å²) in [5.74, 6) is -1.00. The molecule has 0 radical (unpaired) electrons. The van der Waals surface area contributed by atoms with Crippen LogP contribution in [0.15, 0.2) is 134 Å². The number of aromatic nitrogens is 2. The lowest BCUT2D eigenvalue weighted by Crippen LogP contribution is -2.32. The van der Waals surface area contributed by atoms with E-state index in [2.05, 4.69) is 51.7 Å². The highest BCUT2D eigenvalue weighted by atomic mass is 35.5. The zero-order chi connectivity index (χ0) is 30.2. The Labute approximate surface area is 250 Å². The Bertz CT molecular complexity index is 1370. The largest absolute Gasteiger partial charge is 0.480 e. The average Bonchev–Trinajstić information content (AvgIpc) is 3.55. The van der Waals surface area contributed by atoms with Gasteiger partial charge in [-0.25, -0.2) is 9.78 Å². The first-order valence-corrected chi connectivity index (χ1v) is 13.6. The molecule has 2 amide bonds. The minimum atomic E-state index is -1.00. The molecular formula is C33H34ClN5O3. The Morgan fingerprint density at radius 3 is 1.60 bits per heavy atom. The zero-order valence-electron chi connectivity index (χ0n) is 22.9. The summed E-state index contributed by atoms with van der Waals surface area (Å²) < 4.78 is 0. The van der Waals surface area contributed by atoms with E-state index < -0.39 is 22.9 Å². The van der Waals surface area contributed by atoms with Crippen molar-refractivity contribution in [2.75, 3.05) is 0 Å². The van der Waals surface area contributed by atoms with E-state index in [-0.39, 0.29) is 6.42 Å². The number of aromatic amines is 1. The molecule has 0 saturated carbocycles. The molecule has 1 heterocycles. The van der Waals surface area contributed by atoms with Crippen LogP contribution >= 0.6 is 11.6 Å². The number of nitrogens with one attached hydrogen (secondary N) is 2. The van der Waals surface area contributed by atoms with E-state index in [9.17, 15) is 9.59 Å². The number of imidazole rings is 1. The van der Waals surface area contributed by atoms with Gasteiger partial charge < -0.3 is 26.9 Å². The molecule has 0 aliphatic carbocycles. The number of primary amides is 1. The van der Waals surface area contributed by atoms with Crippen LogP contribution in [0.2, 0.25) is 0 Å². The molecule has 0 saturated heterocycles. The van der Waals surface area contributed by atoms with Gasteiger partial charge in [-0.3, -0.25) is 4.79 Å². The molecule has 216 valence electrons. The third-order valence-electron chi connectivity index (χ3n) is 6.14. The lowest BCUT2D eigenvalue weighted by Gasteiger charge is -2.29. The Kier molecular flexibility index (Phi) is 12.3. The molecule has 0 unspecified atom stereocenters. The van der Waals surface area contributed by atoms with Crippen molar-refractivity contribution in [2.24, 2.45) is 11.5 Å². The fourth-order valence-electron chi connectivity index (χ4n) is 4.01. The number of carbonyl (C=O) groups is 2. The number of hydrogen-bond acceptors (Lipinski definition) is 4. The molecule has 9 heteroatoms. The lowest BCUT2D eigenvalue weighted by atomic mass is 9.84. The fraction of sp³-hybridized carbons (Fsp3) is 0.121. The second-order valence-corrected chi connectivity index (χ2v) is 9.75. The summed E-state index contributed by atoms with van der Waals surface area (Å²) in [6, 6.07) is 38.9. The topological polar surface area (TPSA) is 147 Å². The molecule has 8 nitrogen and oxygen atoms in total. The van der Waals surface area contributed by atoms with Crippen LogP contribution in [0.3, 0.4) is 0 Å². The van der Waals surface area contributed by atoms with Crippen molar-refractivity contribution in [1.82, 2.24) is 15.3 Å². The fourth-order valence-corrected chi connectivity index (χ4v) is 4.39. The van der Waals surface area contributed by atoms with Gasteiger partial charge in [-0.15, -0.1) is 11.6 Å². The van der Waals surface area contributed by atoms with E-state index >= 15 is 0 Å². The number of rotatable bonds is 8. The number of carboxylic acid groups (broad SMARTS) is 1. The number of nitrogens with two attached hydrogens (primary N) is 2. The number of benzene rings is 4. The van der Waals surface area contributed by atoms with Gasteiger partial charge in [0.15, 0.2) is 0 Å². The van der Waals surface area contributed by atoms with Gasteiger partial charge >= 0.3 is 12.0 Å². The van der Waals surface area contributed by atoms with E-state index in [4.69, 9.17) is 28.2 Å². The van der Waals surface area contributed by atoms with Crippen molar-refractivity contribution in [3.8, 4) is 0 Å². The maximum atomic E-state index is 10.3. The number of urea groups is 1. The van der Waals surface area contributed by atoms with Crippen LogP contribution in [0.1, 0.15) is 27.9 Å². The first kappa shape index (κ1) is 31.6. The molecule has 5 aromatic rings.